The van der Waals surface area contributed by atoms with E-state index in [1.165, 1.54) is 0 Å². The highest BCUT2D eigenvalue weighted by Gasteiger charge is 2.29. The monoisotopic (exact) mass is 461 g/mol. The number of imide groups is 1. The number of guanidine groups is 1. The van der Waals surface area contributed by atoms with Gasteiger partial charge in [-0.2, -0.15) is 0 Å². The van der Waals surface area contributed by atoms with Gasteiger partial charge < -0.3 is 19.9 Å². The highest BCUT2D eigenvalue weighted by atomic mass is 16.6. The van der Waals surface area contributed by atoms with E-state index in [0.29, 0.717) is 16.0 Å². The minimum Gasteiger partial charge on any atom is -0.444 e. The molecule has 3 amide bonds. The largest absolute Gasteiger partial charge is 0.444 e. The maximum atomic E-state index is 12.7. The van der Waals surface area contributed by atoms with Crippen molar-refractivity contribution in [3.8, 4) is 0 Å². The van der Waals surface area contributed by atoms with Gasteiger partial charge in [0.1, 0.15) is 19.8 Å². The lowest BCUT2D eigenvalue weighted by Gasteiger charge is -2.19. The smallest absolute Gasteiger partial charge is 0.437 e. The number of hydrogen-bond acceptors (Lipinski definition) is 6. The number of amides is 3. The zero-order valence-electron chi connectivity index (χ0n) is 18.2. The van der Waals surface area contributed by atoms with Crippen LogP contribution in [0.15, 0.2) is 96.0 Å². The van der Waals surface area contributed by atoms with Gasteiger partial charge in [0.05, 0.1) is 0 Å². The number of nitrogens with zero attached hydrogens (tertiary/aromatic N) is 2. The molecular weight excluding hydrogens is 438 g/mol. The molecule has 0 radical (unpaired) electrons. The second kappa shape index (κ2) is 12.4. The Balaban J connectivity index is 1.69. The summed E-state index contributed by atoms with van der Waals surface area (Å²) in [6.07, 6.45) is -3.39. The molecule has 174 valence electrons. The first-order chi connectivity index (χ1) is 16.5. The van der Waals surface area contributed by atoms with Gasteiger partial charge in [0.15, 0.2) is 0 Å². The zero-order valence-corrected chi connectivity index (χ0v) is 18.2. The van der Waals surface area contributed by atoms with E-state index in [4.69, 9.17) is 19.9 Å². The summed E-state index contributed by atoms with van der Waals surface area (Å²) in [5.41, 5.74) is 7.90. The topological polar surface area (TPSA) is 121 Å². The molecule has 3 aromatic rings. The van der Waals surface area contributed by atoms with Gasteiger partial charge in [0.25, 0.3) is 0 Å². The van der Waals surface area contributed by atoms with E-state index in [-0.39, 0.29) is 19.8 Å². The molecule has 9 heteroatoms. The summed E-state index contributed by atoms with van der Waals surface area (Å²) >= 11 is 0. The van der Waals surface area contributed by atoms with Gasteiger partial charge >= 0.3 is 18.3 Å². The minimum absolute atomic E-state index is 0.0621. The average Bonchev–Trinajstić information content (AvgIpc) is 2.87. The van der Waals surface area contributed by atoms with Gasteiger partial charge in [-0.15, -0.1) is 9.89 Å². The Morgan fingerprint density at radius 1 is 0.618 bits per heavy atom. The maximum Gasteiger partial charge on any atom is 0.437 e. The highest BCUT2D eigenvalue weighted by Crippen LogP contribution is 2.08. The third-order valence-corrected chi connectivity index (χ3v) is 4.42. The number of nitrogens with two attached hydrogens (primary N) is 1. The Kier molecular flexibility index (Phi) is 8.75. The number of rotatable bonds is 6. The number of aliphatic imine (C=N–C) groups is 1. The van der Waals surface area contributed by atoms with Crippen LogP contribution in [0.3, 0.4) is 0 Å². The predicted octanol–water partition coefficient (Wildman–Crippen LogP) is 4.61. The Bertz CT molecular complexity index is 1070. The van der Waals surface area contributed by atoms with Crippen molar-refractivity contribution in [1.82, 2.24) is 4.90 Å². The number of carbonyl (C=O) groups excluding carboxylic acids is 3. The van der Waals surface area contributed by atoms with E-state index in [1.807, 2.05) is 18.2 Å². The number of hydrogen-bond donors (Lipinski definition) is 1. The van der Waals surface area contributed by atoms with Gasteiger partial charge in [-0.05, 0) is 16.7 Å². The molecule has 2 N–H and O–H groups in total. The van der Waals surface area contributed by atoms with Crippen LogP contribution in [0.25, 0.3) is 0 Å². The van der Waals surface area contributed by atoms with Crippen LogP contribution in [0.1, 0.15) is 16.7 Å². The van der Waals surface area contributed by atoms with Gasteiger partial charge in [-0.3, -0.25) is 0 Å². The fourth-order valence-electron chi connectivity index (χ4n) is 2.72. The lowest BCUT2D eigenvalue weighted by atomic mass is 10.2. The van der Waals surface area contributed by atoms with Crippen LogP contribution in [-0.4, -0.2) is 29.1 Å². The van der Waals surface area contributed by atoms with Crippen molar-refractivity contribution in [3.05, 3.63) is 108 Å². The molecule has 0 aliphatic carbocycles. The molecule has 0 bridgehead atoms. The molecule has 9 nitrogen and oxygen atoms in total. The van der Waals surface area contributed by atoms with Crippen molar-refractivity contribution in [3.63, 3.8) is 0 Å². The second-order valence-corrected chi connectivity index (χ2v) is 6.93. The predicted molar refractivity (Wildman–Crippen MR) is 123 cm³/mol. The van der Waals surface area contributed by atoms with Crippen molar-refractivity contribution in [2.75, 3.05) is 0 Å². The minimum atomic E-state index is -1.15. The SMILES string of the molecule is N/C(=N\C(=O)OCc1ccccc1)N(C(=O)OCc1ccccc1)C(=O)OCc1ccccc1. The van der Waals surface area contributed by atoms with Crippen LogP contribution < -0.4 is 5.73 Å². The first kappa shape index (κ1) is 24.0. The standard InChI is InChI=1S/C25H23N3O6/c26-22(27-23(29)32-16-19-10-4-1-5-11-19)28(24(30)33-17-20-12-6-2-7-13-20)25(31)34-18-21-14-8-3-9-15-21/h1-15H,16-18H2,(H2,26,27,29). The number of ether oxygens (including phenoxy) is 3. The molecule has 0 unspecified atom stereocenters. The summed E-state index contributed by atoms with van der Waals surface area (Å²) in [7, 11) is 0. The Morgan fingerprint density at radius 2 is 0.971 bits per heavy atom. The molecule has 0 aliphatic heterocycles. The van der Waals surface area contributed by atoms with Crippen molar-refractivity contribution in [2.45, 2.75) is 19.8 Å². The molecular formula is C25H23N3O6. The maximum absolute atomic E-state index is 12.7. The molecule has 3 aromatic carbocycles. The summed E-state index contributed by atoms with van der Waals surface area (Å²) in [4.78, 5) is 41.3. The summed E-state index contributed by atoms with van der Waals surface area (Å²) < 4.78 is 15.4. The summed E-state index contributed by atoms with van der Waals surface area (Å²) in [5, 5.41) is 0. The van der Waals surface area contributed by atoms with E-state index >= 15 is 0 Å². The second-order valence-electron chi connectivity index (χ2n) is 6.93. The van der Waals surface area contributed by atoms with Crippen LogP contribution >= 0.6 is 0 Å². The van der Waals surface area contributed by atoms with Crippen LogP contribution in [0.5, 0.6) is 0 Å². The van der Waals surface area contributed by atoms with Crippen molar-refractivity contribution < 1.29 is 28.6 Å². The fraction of sp³-hybridized carbons (Fsp3) is 0.120. The van der Waals surface area contributed by atoms with E-state index in [1.54, 1.807) is 72.8 Å². The van der Waals surface area contributed by atoms with Crippen LogP contribution in [0.4, 0.5) is 14.4 Å². The van der Waals surface area contributed by atoms with E-state index in [0.717, 1.165) is 5.56 Å². The molecule has 0 heterocycles. The van der Waals surface area contributed by atoms with E-state index in [2.05, 4.69) is 4.99 Å². The third-order valence-electron chi connectivity index (χ3n) is 4.42. The normalized spacial score (nSPS) is 10.8. The van der Waals surface area contributed by atoms with Gasteiger partial charge in [0, 0.05) is 0 Å². The molecule has 0 aromatic heterocycles. The zero-order chi connectivity index (χ0) is 24.2. The summed E-state index contributed by atoms with van der Waals surface area (Å²) in [5.74, 6) is -0.741. The van der Waals surface area contributed by atoms with Crippen molar-refractivity contribution in [1.29, 1.82) is 0 Å². The molecule has 0 saturated carbocycles. The molecule has 0 aliphatic rings. The molecule has 0 fully saturated rings. The first-order valence-corrected chi connectivity index (χ1v) is 10.3. The Labute approximate surface area is 196 Å². The van der Waals surface area contributed by atoms with Gasteiger partial charge in [-0.25, -0.2) is 14.4 Å². The Morgan fingerprint density at radius 3 is 1.35 bits per heavy atom. The Hall–Kier alpha value is -4.66. The van der Waals surface area contributed by atoms with Crippen molar-refractivity contribution in [2.24, 2.45) is 10.7 Å². The van der Waals surface area contributed by atoms with Crippen LogP contribution in [0, 0.1) is 0 Å². The van der Waals surface area contributed by atoms with E-state index < -0.39 is 24.2 Å². The first-order valence-electron chi connectivity index (χ1n) is 10.3. The lowest BCUT2D eigenvalue weighted by Crippen LogP contribution is -2.47. The third kappa shape index (κ3) is 7.49. The molecule has 0 atom stereocenters. The highest BCUT2D eigenvalue weighted by molar-refractivity contribution is 6.09. The average molecular weight is 461 g/mol. The molecule has 34 heavy (non-hydrogen) atoms. The molecule has 3 rings (SSSR count). The number of benzene rings is 3. The lowest BCUT2D eigenvalue weighted by molar-refractivity contribution is 0.0886. The fourth-order valence-corrected chi connectivity index (χ4v) is 2.72. The van der Waals surface area contributed by atoms with Crippen LogP contribution in [-0.2, 0) is 34.0 Å². The van der Waals surface area contributed by atoms with Crippen LogP contribution in [0.2, 0.25) is 0 Å². The van der Waals surface area contributed by atoms with Crippen molar-refractivity contribution >= 4 is 24.2 Å². The quantitative estimate of drug-likeness (QED) is 0.323. The van der Waals surface area contributed by atoms with E-state index in [9.17, 15) is 14.4 Å². The molecule has 0 saturated heterocycles. The van der Waals surface area contributed by atoms with Gasteiger partial charge in [0.2, 0.25) is 5.96 Å². The summed E-state index contributed by atoms with van der Waals surface area (Å²) in [6.45, 7) is -0.324. The summed E-state index contributed by atoms with van der Waals surface area (Å²) in [6, 6.07) is 26.6. The van der Waals surface area contributed by atoms with Gasteiger partial charge in [-0.1, -0.05) is 91.0 Å². The number of carbonyl (C=O) groups is 3. The molecule has 0 spiro atoms.